The van der Waals surface area contributed by atoms with Crippen molar-refractivity contribution in [3.63, 3.8) is 0 Å². The fraction of sp³-hybridized carbons (Fsp3) is 0.111. The number of alkyl halides is 1. The molecule has 0 fully saturated rings. The van der Waals surface area contributed by atoms with Gasteiger partial charge < -0.3 is 4.74 Å². The first-order valence-electron chi connectivity index (χ1n) is 3.40. The molecular formula is C9H8ClO2. The van der Waals surface area contributed by atoms with E-state index in [4.69, 9.17) is 11.6 Å². The van der Waals surface area contributed by atoms with E-state index in [1.165, 1.54) is 0 Å². The van der Waals surface area contributed by atoms with Crippen LogP contribution in [0, 0.1) is 7.11 Å². The van der Waals surface area contributed by atoms with Gasteiger partial charge in [-0.2, -0.15) is 0 Å². The predicted octanol–water partition coefficient (Wildman–Crippen LogP) is 2.30. The third-order valence-electron chi connectivity index (χ3n) is 1.44. The first kappa shape index (κ1) is 9.07. The summed E-state index contributed by atoms with van der Waals surface area (Å²) < 4.78 is 4.25. The summed E-state index contributed by atoms with van der Waals surface area (Å²) in [6.07, 6.45) is 0. The maximum atomic E-state index is 10.9. The van der Waals surface area contributed by atoms with Crippen LogP contribution < -0.4 is 0 Å². The van der Waals surface area contributed by atoms with Crippen molar-refractivity contribution in [2.45, 2.75) is 5.38 Å². The summed E-state index contributed by atoms with van der Waals surface area (Å²) in [5.74, 6) is -0.539. The van der Waals surface area contributed by atoms with Crippen molar-refractivity contribution in [3.8, 4) is 0 Å². The lowest BCUT2D eigenvalue weighted by Crippen LogP contribution is -2.07. The Morgan fingerprint density at radius 3 is 2.50 bits per heavy atom. The van der Waals surface area contributed by atoms with Gasteiger partial charge in [-0.1, -0.05) is 30.3 Å². The average Bonchev–Trinajstić information content (AvgIpc) is 2.17. The van der Waals surface area contributed by atoms with Gasteiger partial charge in [0.05, 0.1) is 0 Å². The minimum atomic E-state index is -0.760. The summed E-state index contributed by atoms with van der Waals surface area (Å²) in [4.78, 5) is 10.9. The molecule has 0 aromatic heterocycles. The standard InChI is InChI=1S/C9H8ClO2/c1-12-9(11)8(10)7-5-3-2-4-6-7/h2-6,8H,1H2. The zero-order chi connectivity index (χ0) is 8.97. The fourth-order valence-corrected chi connectivity index (χ4v) is 1.04. The van der Waals surface area contributed by atoms with Gasteiger partial charge in [0.15, 0.2) is 5.38 Å². The first-order valence-corrected chi connectivity index (χ1v) is 3.84. The zero-order valence-corrected chi connectivity index (χ0v) is 7.12. The highest BCUT2D eigenvalue weighted by Gasteiger charge is 2.16. The summed E-state index contributed by atoms with van der Waals surface area (Å²) in [6.45, 7) is 0. The molecule has 0 saturated carbocycles. The largest absolute Gasteiger partial charge is 0.461 e. The normalized spacial score (nSPS) is 12.2. The predicted molar refractivity (Wildman–Crippen MR) is 46.5 cm³/mol. The molecule has 12 heavy (non-hydrogen) atoms. The van der Waals surface area contributed by atoms with Gasteiger partial charge in [0, 0.05) is 0 Å². The number of carbonyl (C=O) groups excluding carboxylic acids is 1. The van der Waals surface area contributed by atoms with E-state index in [0.717, 1.165) is 0 Å². The van der Waals surface area contributed by atoms with Gasteiger partial charge in [-0.3, -0.25) is 4.79 Å². The molecule has 1 aromatic rings. The minimum Gasteiger partial charge on any atom is -0.461 e. The number of benzene rings is 1. The molecule has 3 heteroatoms. The zero-order valence-electron chi connectivity index (χ0n) is 6.37. The van der Waals surface area contributed by atoms with E-state index in [0.29, 0.717) is 5.56 Å². The highest BCUT2D eigenvalue weighted by molar-refractivity contribution is 6.29. The highest BCUT2D eigenvalue weighted by atomic mass is 35.5. The van der Waals surface area contributed by atoms with Crippen LogP contribution in [0.5, 0.6) is 0 Å². The molecule has 0 aliphatic rings. The Balaban J connectivity index is 2.78. The average molecular weight is 184 g/mol. The van der Waals surface area contributed by atoms with Crippen LogP contribution >= 0.6 is 11.6 Å². The minimum absolute atomic E-state index is 0.539. The number of hydrogen-bond acceptors (Lipinski definition) is 2. The second-order valence-corrected chi connectivity index (χ2v) is 2.67. The van der Waals surface area contributed by atoms with Crippen molar-refractivity contribution >= 4 is 17.6 Å². The number of carbonyl (C=O) groups is 1. The van der Waals surface area contributed by atoms with Gasteiger partial charge >= 0.3 is 5.97 Å². The molecule has 1 aromatic carbocycles. The molecule has 63 valence electrons. The van der Waals surface area contributed by atoms with Gasteiger partial charge in [0.25, 0.3) is 0 Å². The molecule has 1 atom stereocenters. The van der Waals surface area contributed by atoms with Crippen molar-refractivity contribution in [3.05, 3.63) is 43.0 Å². The second-order valence-electron chi connectivity index (χ2n) is 2.24. The van der Waals surface area contributed by atoms with Crippen LogP contribution in [0.3, 0.4) is 0 Å². The van der Waals surface area contributed by atoms with Crippen LogP contribution in [-0.2, 0) is 9.53 Å². The van der Waals surface area contributed by atoms with Crippen molar-refractivity contribution in [1.82, 2.24) is 0 Å². The van der Waals surface area contributed by atoms with Gasteiger partial charge in [-0.05, 0) is 5.56 Å². The van der Waals surface area contributed by atoms with Crippen molar-refractivity contribution < 1.29 is 9.53 Å². The monoisotopic (exact) mass is 183 g/mol. The van der Waals surface area contributed by atoms with Gasteiger partial charge in [0.2, 0.25) is 0 Å². The van der Waals surface area contributed by atoms with Gasteiger partial charge in [-0.15, -0.1) is 11.6 Å². The molecule has 0 aliphatic carbocycles. The molecular weight excluding hydrogens is 176 g/mol. The Bertz CT molecular complexity index is 258. The number of halogens is 1. The van der Waals surface area contributed by atoms with Crippen LogP contribution in [0.25, 0.3) is 0 Å². The number of esters is 1. The molecule has 0 amide bonds. The summed E-state index contributed by atoms with van der Waals surface area (Å²) in [5.41, 5.74) is 0.716. The molecule has 2 nitrogen and oxygen atoms in total. The fourth-order valence-electron chi connectivity index (χ4n) is 0.831. The van der Waals surface area contributed by atoms with Crippen LogP contribution in [0.15, 0.2) is 30.3 Å². The molecule has 1 radical (unpaired) electrons. The molecule has 0 spiro atoms. The van der Waals surface area contributed by atoms with Crippen molar-refractivity contribution in [2.75, 3.05) is 0 Å². The van der Waals surface area contributed by atoms with E-state index in [9.17, 15) is 4.79 Å². The summed E-state index contributed by atoms with van der Waals surface area (Å²) in [7, 11) is 3.00. The lowest BCUT2D eigenvalue weighted by Gasteiger charge is -2.05. The number of hydrogen-bond donors (Lipinski definition) is 0. The summed E-state index contributed by atoms with van der Waals surface area (Å²) in [5, 5.41) is -0.760. The number of rotatable bonds is 2. The second kappa shape index (κ2) is 4.12. The Hall–Kier alpha value is -1.02. The Morgan fingerprint density at radius 1 is 1.42 bits per heavy atom. The first-order chi connectivity index (χ1) is 5.75. The lowest BCUT2D eigenvalue weighted by atomic mass is 10.1. The highest BCUT2D eigenvalue weighted by Crippen LogP contribution is 2.20. The van der Waals surface area contributed by atoms with E-state index in [1.54, 1.807) is 24.3 Å². The van der Waals surface area contributed by atoms with Crippen LogP contribution in [0.4, 0.5) is 0 Å². The van der Waals surface area contributed by atoms with Gasteiger partial charge in [0.1, 0.15) is 7.11 Å². The molecule has 1 unspecified atom stereocenters. The van der Waals surface area contributed by atoms with E-state index in [2.05, 4.69) is 11.8 Å². The molecule has 0 N–H and O–H groups in total. The Morgan fingerprint density at radius 2 is 2.00 bits per heavy atom. The van der Waals surface area contributed by atoms with E-state index >= 15 is 0 Å². The van der Waals surface area contributed by atoms with Crippen molar-refractivity contribution in [2.24, 2.45) is 0 Å². The SMILES string of the molecule is [CH2]OC(=O)C(Cl)c1ccccc1. The summed E-state index contributed by atoms with van der Waals surface area (Å²) in [6, 6.07) is 8.98. The molecule has 0 saturated heterocycles. The summed E-state index contributed by atoms with van der Waals surface area (Å²) >= 11 is 5.74. The van der Waals surface area contributed by atoms with E-state index in [-0.39, 0.29) is 0 Å². The third kappa shape index (κ3) is 1.98. The topological polar surface area (TPSA) is 26.3 Å². The molecule has 0 heterocycles. The Labute approximate surface area is 76.1 Å². The van der Waals surface area contributed by atoms with Crippen molar-refractivity contribution in [1.29, 1.82) is 0 Å². The Kier molecular flexibility index (Phi) is 3.11. The molecule has 1 rings (SSSR count). The van der Waals surface area contributed by atoms with Crippen LogP contribution in [0.1, 0.15) is 10.9 Å². The van der Waals surface area contributed by atoms with Crippen LogP contribution in [0.2, 0.25) is 0 Å². The van der Waals surface area contributed by atoms with Crippen LogP contribution in [-0.4, -0.2) is 5.97 Å². The lowest BCUT2D eigenvalue weighted by molar-refractivity contribution is -0.138. The van der Waals surface area contributed by atoms with Gasteiger partial charge in [-0.25, -0.2) is 0 Å². The maximum absolute atomic E-state index is 10.9. The maximum Gasteiger partial charge on any atom is 0.328 e. The van der Waals surface area contributed by atoms with E-state index in [1.807, 2.05) is 6.07 Å². The number of ether oxygens (including phenoxy) is 1. The van der Waals surface area contributed by atoms with E-state index < -0.39 is 11.3 Å². The molecule has 0 aliphatic heterocycles. The third-order valence-corrected chi connectivity index (χ3v) is 1.87. The smallest absolute Gasteiger partial charge is 0.328 e. The molecule has 0 bridgehead atoms. The quantitative estimate of drug-likeness (QED) is 0.520.